The number of halogens is 3. The lowest BCUT2D eigenvalue weighted by molar-refractivity contribution is 1.11. The topological polar surface area (TPSA) is 0 Å². The molecular weight excluding hydrogens is 255 g/mol. The lowest BCUT2D eigenvalue weighted by atomic mass is 10.1. The fourth-order valence-electron chi connectivity index (χ4n) is 1.16. The molecule has 0 atom stereocenters. The van der Waals surface area contributed by atoms with Crippen molar-refractivity contribution < 1.29 is 0 Å². The molecule has 1 aromatic carbocycles. The average Bonchev–Trinajstić information content (AvgIpc) is 2.14. The lowest BCUT2D eigenvalue weighted by Gasteiger charge is -2.09. The summed E-state index contributed by atoms with van der Waals surface area (Å²) >= 11 is 17.7. The molecule has 0 spiro atoms. The zero-order chi connectivity index (χ0) is 10.6. The van der Waals surface area contributed by atoms with Gasteiger partial charge in [-0.05, 0) is 30.1 Å². The lowest BCUT2D eigenvalue weighted by Crippen LogP contribution is -2.13. The summed E-state index contributed by atoms with van der Waals surface area (Å²) in [4.78, 5) is 0. The van der Waals surface area contributed by atoms with E-state index in [-0.39, 0.29) is 0 Å². The van der Waals surface area contributed by atoms with Crippen molar-refractivity contribution in [1.82, 2.24) is 0 Å². The number of hydrogen-bond acceptors (Lipinski definition) is 0. The minimum atomic E-state index is -1.94. The molecule has 0 bridgehead atoms. The van der Waals surface area contributed by atoms with Gasteiger partial charge in [0.25, 0.3) is 0 Å². The maximum absolute atomic E-state index is 6.02. The zero-order valence-corrected chi connectivity index (χ0v) is 11.3. The van der Waals surface area contributed by atoms with E-state index in [1.54, 1.807) is 0 Å². The van der Waals surface area contributed by atoms with Crippen LogP contribution in [-0.2, 0) is 12.3 Å². The van der Waals surface area contributed by atoms with Crippen LogP contribution in [0.15, 0.2) is 24.3 Å². The highest BCUT2D eigenvalue weighted by molar-refractivity contribution is 7.44. The van der Waals surface area contributed by atoms with Crippen LogP contribution in [0.2, 0.25) is 12.6 Å². The Morgan fingerprint density at radius 3 is 2.00 bits per heavy atom. The SMILES string of the molecule is C[Si](Cl)(Cl)CCc1ccc(CCl)cc1. The van der Waals surface area contributed by atoms with Crippen molar-refractivity contribution in [3.05, 3.63) is 35.4 Å². The van der Waals surface area contributed by atoms with Gasteiger partial charge in [0.05, 0.1) is 0 Å². The van der Waals surface area contributed by atoms with Gasteiger partial charge in [0.15, 0.2) is 0 Å². The fourth-order valence-corrected chi connectivity index (χ4v) is 2.63. The summed E-state index contributed by atoms with van der Waals surface area (Å²) in [5, 5.41) is 0. The summed E-state index contributed by atoms with van der Waals surface area (Å²) in [6.07, 6.45) is 0.957. The molecule has 78 valence electrons. The van der Waals surface area contributed by atoms with Crippen molar-refractivity contribution in [1.29, 1.82) is 0 Å². The first-order valence-corrected chi connectivity index (χ1v) is 9.79. The van der Waals surface area contributed by atoms with Crippen LogP contribution in [0.25, 0.3) is 0 Å². The van der Waals surface area contributed by atoms with E-state index in [0.29, 0.717) is 5.88 Å². The fraction of sp³-hybridized carbons (Fsp3) is 0.400. The van der Waals surface area contributed by atoms with Crippen molar-refractivity contribution in [2.75, 3.05) is 0 Å². The van der Waals surface area contributed by atoms with Gasteiger partial charge >= 0.3 is 0 Å². The number of rotatable bonds is 4. The molecule has 4 heteroatoms. The first kappa shape index (κ1) is 12.4. The van der Waals surface area contributed by atoms with Crippen LogP contribution in [0.1, 0.15) is 11.1 Å². The zero-order valence-electron chi connectivity index (χ0n) is 8.06. The molecule has 0 unspecified atom stereocenters. The standard InChI is InChI=1S/C10H13Cl3Si/c1-14(12,13)7-6-9-2-4-10(8-11)5-3-9/h2-5H,6-8H2,1H3. The third kappa shape index (κ3) is 4.69. The van der Waals surface area contributed by atoms with E-state index in [2.05, 4.69) is 12.1 Å². The summed E-state index contributed by atoms with van der Waals surface area (Å²) in [5.74, 6) is 0.567. The quantitative estimate of drug-likeness (QED) is 0.427. The second kappa shape index (κ2) is 5.41. The van der Waals surface area contributed by atoms with E-state index < -0.39 is 6.69 Å². The molecular formula is C10H13Cl3Si. The van der Waals surface area contributed by atoms with Crippen LogP contribution in [0.3, 0.4) is 0 Å². The van der Waals surface area contributed by atoms with Crippen molar-refractivity contribution in [2.45, 2.75) is 24.9 Å². The Kier molecular flexibility index (Phi) is 4.78. The highest BCUT2D eigenvalue weighted by Gasteiger charge is 2.19. The maximum atomic E-state index is 6.02. The molecule has 0 saturated heterocycles. The maximum Gasteiger partial charge on any atom is 0.248 e. The Labute approximate surface area is 101 Å². The van der Waals surface area contributed by atoms with E-state index in [0.717, 1.165) is 18.0 Å². The number of hydrogen-bond donors (Lipinski definition) is 0. The van der Waals surface area contributed by atoms with Gasteiger partial charge in [-0.3, -0.25) is 0 Å². The summed E-state index contributed by atoms with van der Waals surface area (Å²) < 4.78 is 0. The third-order valence-corrected chi connectivity index (χ3v) is 4.60. The monoisotopic (exact) mass is 266 g/mol. The van der Waals surface area contributed by atoms with Gasteiger partial charge in [0, 0.05) is 5.88 Å². The van der Waals surface area contributed by atoms with E-state index in [1.165, 1.54) is 5.56 Å². The van der Waals surface area contributed by atoms with E-state index in [4.69, 9.17) is 33.8 Å². The molecule has 0 saturated carbocycles. The smallest absolute Gasteiger partial charge is 0.146 e. The van der Waals surface area contributed by atoms with E-state index in [1.807, 2.05) is 18.7 Å². The van der Waals surface area contributed by atoms with Gasteiger partial charge < -0.3 is 0 Å². The molecule has 14 heavy (non-hydrogen) atoms. The summed E-state index contributed by atoms with van der Waals surface area (Å²) in [5.41, 5.74) is 2.42. The predicted octanol–water partition coefficient (Wildman–Crippen LogP) is 4.52. The summed E-state index contributed by atoms with van der Waals surface area (Å²) in [6.45, 7) is 0.00414. The molecule has 0 aliphatic carbocycles. The van der Waals surface area contributed by atoms with Crippen LogP contribution in [0.5, 0.6) is 0 Å². The van der Waals surface area contributed by atoms with Crippen molar-refractivity contribution >= 4 is 40.5 Å². The molecule has 0 radical (unpaired) electrons. The minimum Gasteiger partial charge on any atom is -0.146 e. The van der Waals surface area contributed by atoms with Crippen LogP contribution in [0.4, 0.5) is 0 Å². The highest BCUT2D eigenvalue weighted by atomic mass is 35.7. The Morgan fingerprint density at radius 2 is 1.57 bits per heavy atom. The van der Waals surface area contributed by atoms with Gasteiger partial charge in [0.1, 0.15) is 0 Å². The molecule has 0 aromatic heterocycles. The van der Waals surface area contributed by atoms with Gasteiger partial charge in [0.2, 0.25) is 6.69 Å². The van der Waals surface area contributed by atoms with Crippen LogP contribution >= 0.6 is 33.8 Å². The van der Waals surface area contributed by atoms with Crippen molar-refractivity contribution in [3.8, 4) is 0 Å². The summed E-state index contributed by atoms with van der Waals surface area (Å²) in [7, 11) is 0. The van der Waals surface area contributed by atoms with E-state index >= 15 is 0 Å². The first-order valence-electron chi connectivity index (χ1n) is 4.53. The first-order chi connectivity index (χ1) is 6.51. The van der Waals surface area contributed by atoms with Crippen molar-refractivity contribution in [3.63, 3.8) is 0 Å². The average molecular weight is 268 g/mol. The Bertz CT molecular complexity index is 276. The largest absolute Gasteiger partial charge is 0.248 e. The van der Waals surface area contributed by atoms with Gasteiger partial charge in [-0.2, -0.15) is 0 Å². The molecule has 1 rings (SSSR count). The number of aryl methyl sites for hydroxylation is 1. The van der Waals surface area contributed by atoms with Crippen LogP contribution in [-0.4, -0.2) is 6.69 Å². The molecule has 0 aliphatic rings. The third-order valence-electron chi connectivity index (χ3n) is 2.03. The Morgan fingerprint density at radius 1 is 1.07 bits per heavy atom. The van der Waals surface area contributed by atoms with Gasteiger partial charge in [-0.15, -0.1) is 33.8 Å². The second-order valence-corrected chi connectivity index (χ2v) is 12.0. The normalized spacial score (nSPS) is 11.7. The van der Waals surface area contributed by atoms with Crippen LogP contribution in [0, 0.1) is 0 Å². The molecule has 0 nitrogen and oxygen atoms in total. The van der Waals surface area contributed by atoms with Gasteiger partial charge in [-0.1, -0.05) is 24.3 Å². The minimum absolute atomic E-state index is 0.567. The number of alkyl halides is 1. The molecule has 0 amide bonds. The Balaban J connectivity index is 2.52. The highest BCUT2D eigenvalue weighted by Crippen LogP contribution is 2.22. The molecule has 1 aromatic rings. The Hall–Kier alpha value is 0.307. The van der Waals surface area contributed by atoms with Gasteiger partial charge in [-0.25, -0.2) is 0 Å². The molecule has 0 N–H and O–H groups in total. The molecule has 0 heterocycles. The second-order valence-electron chi connectivity index (χ2n) is 3.52. The predicted molar refractivity (Wildman–Crippen MR) is 67.8 cm³/mol. The number of benzene rings is 1. The van der Waals surface area contributed by atoms with Crippen molar-refractivity contribution in [2.24, 2.45) is 0 Å². The molecule has 0 aliphatic heterocycles. The molecule has 0 fully saturated rings. The van der Waals surface area contributed by atoms with E-state index in [9.17, 15) is 0 Å². The van der Waals surface area contributed by atoms with Crippen LogP contribution < -0.4 is 0 Å². The summed E-state index contributed by atoms with van der Waals surface area (Å²) in [6, 6.07) is 9.17.